The van der Waals surface area contributed by atoms with Crippen LogP contribution in [0.3, 0.4) is 0 Å². The summed E-state index contributed by atoms with van der Waals surface area (Å²) in [5.74, 6) is 0.621. The lowest BCUT2D eigenvalue weighted by Crippen LogP contribution is -2.29. The number of nitrogens with zero attached hydrogens (tertiary/aromatic N) is 2. The van der Waals surface area contributed by atoms with Gasteiger partial charge in [-0.15, -0.1) is 11.3 Å². The van der Waals surface area contributed by atoms with Gasteiger partial charge in [-0.05, 0) is 32.9 Å². The molecule has 3 rings (SSSR count). The molecule has 0 spiro atoms. The van der Waals surface area contributed by atoms with Crippen LogP contribution in [0, 0.1) is 13.8 Å². The van der Waals surface area contributed by atoms with Crippen molar-refractivity contribution in [1.29, 1.82) is 0 Å². The number of hydrogen-bond acceptors (Lipinski definition) is 5. The van der Waals surface area contributed by atoms with E-state index < -0.39 is 16.1 Å². The minimum absolute atomic E-state index is 0.292. The molecule has 0 aliphatic heterocycles. The van der Waals surface area contributed by atoms with Crippen LogP contribution in [-0.2, 0) is 10.0 Å². The van der Waals surface area contributed by atoms with Gasteiger partial charge >= 0.3 is 0 Å². The van der Waals surface area contributed by atoms with E-state index >= 15 is 0 Å². The quantitative estimate of drug-likeness (QED) is 0.716. The van der Waals surface area contributed by atoms with Crippen molar-refractivity contribution in [3.63, 3.8) is 0 Å². The second-order valence-corrected chi connectivity index (χ2v) is 8.89. The van der Waals surface area contributed by atoms with Gasteiger partial charge in [0.15, 0.2) is 4.21 Å². The van der Waals surface area contributed by atoms with Gasteiger partial charge in [0.05, 0.1) is 16.7 Å². The summed E-state index contributed by atoms with van der Waals surface area (Å²) in [6.07, 6.45) is 0. The first-order valence-electron chi connectivity index (χ1n) is 7.21. The molecule has 0 saturated heterocycles. The second-order valence-electron chi connectivity index (χ2n) is 5.49. The molecule has 0 fully saturated rings. The number of furan rings is 1. The molecule has 0 N–H and O–H groups in total. The zero-order chi connectivity index (χ0) is 16.8. The molecule has 23 heavy (non-hydrogen) atoms. The number of sulfonamides is 1. The van der Waals surface area contributed by atoms with Gasteiger partial charge in [0, 0.05) is 12.4 Å². The lowest BCUT2D eigenvalue weighted by atomic mass is 10.2. The fourth-order valence-electron chi connectivity index (χ4n) is 2.48. The second kappa shape index (κ2) is 5.74. The van der Waals surface area contributed by atoms with Gasteiger partial charge < -0.3 is 4.42 Å². The maximum absolute atomic E-state index is 12.9. The summed E-state index contributed by atoms with van der Waals surface area (Å²) in [4.78, 5) is 4.22. The van der Waals surface area contributed by atoms with Crippen LogP contribution < -0.4 is 0 Å². The smallest absolute Gasteiger partial charge is 0.254 e. The third-order valence-corrected chi connectivity index (χ3v) is 7.46. The normalized spacial score (nSPS) is 13.8. The van der Waals surface area contributed by atoms with Gasteiger partial charge in [0.2, 0.25) is 0 Å². The number of benzene rings is 1. The first kappa shape index (κ1) is 16.2. The van der Waals surface area contributed by atoms with Crippen molar-refractivity contribution >= 4 is 32.3 Å². The predicted octanol–water partition coefficient (Wildman–Crippen LogP) is 3.89. The molecule has 0 aliphatic carbocycles. The molecule has 2 aromatic heterocycles. The average molecular weight is 350 g/mol. The molecule has 2 heterocycles. The van der Waals surface area contributed by atoms with E-state index in [0.717, 1.165) is 16.0 Å². The molecule has 7 heteroatoms. The maximum Gasteiger partial charge on any atom is 0.254 e. The molecule has 0 bridgehead atoms. The molecule has 0 saturated carbocycles. The molecule has 3 aromatic rings. The molecular weight excluding hydrogens is 332 g/mol. The number of rotatable bonds is 4. The van der Waals surface area contributed by atoms with E-state index in [1.165, 1.54) is 15.6 Å². The van der Waals surface area contributed by atoms with Gasteiger partial charge in [-0.25, -0.2) is 13.4 Å². The van der Waals surface area contributed by atoms with Crippen LogP contribution in [0.25, 0.3) is 11.0 Å². The zero-order valence-corrected chi connectivity index (χ0v) is 15.0. The Morgan fingerprint density at radius 1 is 1.26 bits per heavy atom. The summed E-state index contributed by atoms with van der Waals surface area (Å²) in [6.45, 7) is 5.34. The third kappa shape index (κ3) is 2.80. The minimum Gasteiger partial charge on any atom is -0.459 e. The van der Waals surface area contributed by atoms with E-state index in [1.807, 2.05) is 37.3 Å². The Hall–Kier alpha value is -1.70. The van der Waals surface area contributed by atoms with E-state index in [2.05, 4.69) is 4.98 Å². The number of hydrogen-bond donors (Lipinski definition) is 0. The zero-order valence-electron chi connectivity index (χ0n) is 13.4. The van der Waals surface area contributed by atoms with Gasteiger partial charge in [0.25, 0.3) is 10.0 Å². The summed E-state index contributed by atoms with van der Waals surface area (Å²) < 4.78 is 33.1. The van der Waals surface area contributed by atoms with Gasteiger partial charge in [0.1, 0.15) is 11.3 Å². The first-order chi connectivity index (χ1) is 10.8. The molecule has 0 amide bonds. The molecule has 1 aromatic carbocycles. The van der Waals surface area contributed by atoms with Gasteiger partial charge in [-0.2, -0.15) is 4.31 Å². The largest absolute Gasteiger partial charge is 0.459 e. The van der Waals surface area contributed by atoms with Crippen molar-refractivity contribution in [3.05, 3.63) is 46.8 Å². The summed E-state index contributed by atoms with van der Waals surface area (Å²) in [5, 5.41) is 1.70. The van der Waals surface area contributed by atoms with Crippen LogP contribution in [0.15, 0.2) is 39.0 Å². The summed E-state index contributed by atoms with van der Waals surface area (Å²) in [6, 6.07) is 9.11. The van der Waals surface area contributed by atoms with Crippen molar-refractivity contribution in [1.82, 2.24) is 9.29 Å². The number of thiazole rings is 1. The van der Waals surface area contributed by atoms with E-state index in [4.69, 9.17) is 4.42 Å². The topological polar surface area (TPSA) is 63.4 Å². The van der Waals surface area contributed by atoms with E-state index in [9.17, 15) is 8.42 Å². The fraction of sp³-hybridized carbons (Fsp3) is 0.312. The van der Waals surface area contributed by atoms with E-state index in [0.29, 0.717) is 15.7 Å². The van der Waals surface area contributed by atoms with Gasteiger partial charge in [-0.1, -0.05) is 18.2 Å². The predicted molar refractivity (Wildman–Crippen MR) is 91.2 cm³/mol. The molecule has 0 aliphatic rings. The van der Waals surface area contributed by atoms with Crippen molar-refractivity contribution < 1.29 is 12.8 Å². The maximum atomic E-state index is 12.9. The summed E-state index contributed by atoms with van der Waals surface area (Å²) in [5.41, 5.74) is 1.29. The highest BCUT2D eigenvalue weighted by Gasteiger charge is 2.31. The monoisotopic (exact) mass is 350 g/mol. The fourth-order valence-corrected chi connectivity index (χ4v) is 5.46. The van der Waals surface area contributed by atoms with Crippen LogP contribution >= 0.6 is 11.3 Å². The number of para-hydroxylation sites is 1. The Bertz CT molecular complexity index is 924. The standard InChI is InChI=1S/C16H18N2O3S2/c1-10-16(22-12(3)17-10)23(19,20)18(4)11(2)15-9-13-7-5-6-8-14(13)21-15/h5-9,11H,1-4H3. The number of aryl methyl sites for hydroxylation is 2. The highest BCUT2D eigenvalue weighted by atomic mass is 32.2. The molecular formula is C16H18N2O3S2. The highest BCUT2D eigenvalue weighted by Crippen LogP contribution is 2.32. The number of aromatic nitrogens is 1. The molecule has 0 radical (unpaired) electrons. The van der Waals surface area contributed by atoms with Crippen LogP contribution in [0.4, 0.5) is 0 Å². The Kier molecular flexibility index (Phi) is 4.03. The summed E-state index contributed by atoms with van der Waals surface area (Å²) >= 11 is 1.20. The lowest BCUT2D eigenvalue weighted by molar-refractivity contribution is 0.348. The Morgan fingerprint density at radius 3 is 2.57 bits per heavy atom. The third-order valence-electron chi connectivity index (χ3n) is 3.88. The van der Waals surface area contributed by atoms with Crippen LogP contribution in [0.2, 0.25) is 0 Å². The van der Waals surface area contributed by atoms with E-state index in [1.54, 1.807) is 20.9 Å². The van der Waals surface area contributed by atoms with E-state index in [-0.39, 0.29) is 0 Å². The molecule has 5 nitrogen and oxygen atoms in total. The molecule has 1 atom stereocenters. The van der Waals surface area contributed by atoms with Crippen LogP contribution in [0.1, 0.15) is 29.4 Å². The first-order valence-corrected chi connectivity index (χ1v) is 9.47. The molecule has 1 unspecified atom stereocenters. The molecule has 122 valence electrons. The average Bonchev–Trinajstić information content (AvgIpc) is 3.08. The van der Waals surface area contributed by atoms with Gasteiger partial charge in [-0.3, -0.25) is 0 Å². The lowest BCUT2D eigenvalue weighted by Gasteiger charge is -2.22. The Morgan fingerprint density at radius 2 is 1.96 bits per heavy atom. The highest BCUT2D eigenvalue weighted by molar-refractivity contribution is 7.91. The van der Waals surface area contributed by atoms with Crippen LogP contribution in [0.5, 0.6) is 0 Å². The number of fused-ring (bicyclic) bond motifs is 1. The van der Waals surface area contributed by atoms with Crippen molar-refractivity contribution in [2.45, 2.75) is 31.0 Å². The van der Waals surface area contributed by atoms with Crippen molar-refractivity contribution in [2.24, 2.45) is 0 Å². The SMILES string of the molecule is Cc1nc(C)c(S(=O)(=O)N(C)C(C)c2cc3ccccc3o2)s1. The summed E-state index contributed by atoms with van der Waals surface area (Å²) in [7, 11) is -2.03. The Balaban J connectivity index is 1.98. The van der Waals surface area contributed by atoms with Crippen molar-refractivity contribution in [2.75, 3.05) is 7.05 Å². The van der Waals surface area contributed by atoms with Crippen LogP contribution in [-0.4, -0.2) is 24.8 Å². The van der Waals surface area contributed by atoms with Crippen molar-refractivity contribution in [3.8, 4) is 0 Å². The minimum atomic E-state index is -3.60. The Labute approximate surface area is 139 Å².